The van der Waals surface area contributed by atoms with Crippen molar-refractivity contribution in [3.8, 4) is 0 Å². The van der Waals surface area contributed by atoms with E-state index >= 15 is 0 Å². The molecule has 0 saturated heterocycles. The monoisotopic (exact) mass is 295 g/mol. The number of carboxylic acid groups (broad SMARTS) is 1. The normalized spacial score (nSPS) is 18.0. The minimum Gasteiger partial charge on any atom is -0.481 e. The Morgan fingerprint density at radius 1 is 1.18 bits per heavy atom. The fourth-order valence-electron chi connectivity index (χ4n) is 3.27. The third-order valence-corrected chi connectivity index (χ3v) is 4.43. The second-order valence-corrected chi connectivity index (χ2v) is 6.10. The highest BCUT2D eigenvalue weighted by atomic mass is 16.4. The number of rotatable bonds is 5. The number of para-hydroxylation sites is 1. The van der Waals surface area contributed by atoms with E-state index in [-0.39, 0.29) is 5.92 Å². The Morgan fingerprint density at radius 3 is 2.59 bits per heavy atom. The van der Waals surface area contributed by atoms with Crippen LogP contribution >= 0.6 is 0 Å². The second kappa shape index (κ2) is 6.22. The fourth-order valence-corrected chi connectivity index (χ4v) is 3.27. The third-order valence-electron chi connectivity index (χ3n) is 4.43. The summed E-state index contributed by atoms with van der Waals surface area (Å²) in [6.07, 6.45) is 0.692. The molecule has 1 heterocycles. The minimum absolute atomic E-state index is 0.297. The highest BCUT2D eigenvalue weighted by Crippen LogP contribution is 2.40. The van der Waals surface area contributed by atoms with Gasteiger partial charge >= 0.3 is 5.97 Å². The first kappa shape index (κ1) is 14.6. The number of hydrogen-bond acceptors (Lipinski definition) is 2. The molecule has 3 rings (SSSR count). The van der Waals surface area contributed by atoms with Gasteiger partial charge in [0.15, 0.2) is 0 Å². The lowest BCUT2D eigenvalue weighted by atomic mass is 9.91. The number of benzene rings is 2. The number of carbonyl (C=O) groups is 1. The summed E-state index contributed by atoms with van der Waals surface area (Å²) >= 11 is 0. The smallest absolute Gasteiger partial charge is 0.306 e. The summed E-state index contributed by atoms with van der Waals surface area (Å²) in [7, 11) is 0. The van der Waals surface area contributed by atoms with Gasteiger partial charge in [0.05, 0.1) is 5.92 Å². The van der Waals surface area contributed by atoms with E-state index in [0.717, 1.165) is 13.1 Å². The van der Waals surface area contributed by atoms with Gasteiger partial charge in [0.2, 0.25) is 0 Å². The van der Waals surface area contributed by atoms with Crippen LogP contribution in [-0.4, -0.2) is 17.6 Å². The summed E-state index contributed by atoms with van der Waals surface area (Å²) < 4.78 is 0. The zero-order chi connectivity index (χ0) is 15.5. The molecule has 0 saturated carbocycles. The Hall–Kier alpha value is -2.29. The lowest BCUT2D eigenvalue weighted by Crippen LogP contribution is -2.23. The van der Waals surface area contributed by atoms with Crippen molar-refractivity contribution < 1.29 is 9.90 Å². The predicted molar refractivity (Wildman–Crippen MR) is 88.1 cm³/mol. The molecule has 1 aliphatic heterocycles. The fraction of sp³-hybridized carbons (Fsp3) is 0.316. The molecule has 2 aromatic carbocycles. The standard InChI is InChI=1S/C19H21NO2/c1-14(19(21)22)11-16-13-20(12-15-7-3-2-4-8-15)18-10-6-5-9-17(16)18/h2-10,14,16H,11-13H2,1H3,(H,21,22). The molecule has 0 amide bonds. The van der Waals surface area contributed by atoms with Crippen molar-refractivity contribution in [3.05, 3.63) is 65.7 Å². The van der Waals surface area contributed by atoms with Gasteiger partial charge in [-0.2, -0.15) is 0 Å². The van der Waals surface area contributed by atoms with E-state index in [1.807, 2.05) is 12.1 Å². The van der Waals surface area contributed by atoms with Gasteiger partial charge in [0.25, 0.3) is 0 Å². The van der Waals surface area contributed by atoms with Crippen molar-refractivity contribution >= 4 is 11.7 Å². The van der Waals surface area contributed by atoms with E-state index in [2.05, 4.69) is 47.4 Å². The number of hydrogen-bond donors (Lipinski definition) is 1. The van der Waals surface area contributed by atoms with Crippen LogP contribution < -0.4 is 4.90 Å². The summed E-state index contributed by atoms with van der Waals surface area (Å²) in [6, 6.07) is 18.8. The van der Waals surface area contributed by atoms with E-state index < -0.39 is 5.97 Å². The van der Waals surface area contributed by atoms with E-state index in [9.17, 15) is 9.90 Å². The molecule has 0 spiro atoms. The van der Waals surface area contributed by atoms with E-state index in [1.54, 1.807) is 6.92 Å². The Balaban J connectivity index is 1.81. The van der Waals surface area contributed by atoms with Crippen molar-refractivity contribution in [2.45, 2.75) is 25.8 Å². The predicted octanol–water partition coefficient (Wildman–Crippen LogP) is 3.90. The Bertz CT molecular complexity index is 653. The first-order valence-electron chi connectivity index (χ1n) is 7.75. The van der Waals surface area contributed by atoms with Crippen LogP contribution in [0.4, 0.5) is 5.69 Å². The average Bonchev–Trinajstić information content (AvgIpc) is 2.86. The molecule has 1 aliphatic rings. The van der Waals surface area contributed by atoms with Crippen LogP contribution in [0, 0.1) is 5.92 Å². The summed E-state index contributed by atoms with van der Waals surface area (Å²) in [5.41, 5.74) is 3.81. The molecule has 3 nitrogen and oxygen atoms in total. The van der Waals surface area contributed by atoms with Crippen LogP contribution in [0.5, 0.6) is 0 Å². The van der Waals surface area contributed by atoms with Crippen LogP contribution in [0.3, 0.4) is 0 Å². The average molecular weight is 295 g/mol. The summed E-state index contributed by atoms with van der Waals surface area (Å²) in [6.45, 7) is 3.56. The summed E-state index contributed by atoms with van der Waals surface area (Å²) in [5.74, 6) is -0.722. The van der Waals surface area contributed by atoms with Crippen LogP contribution in [0.25, 0.3) is 0 Å². The van der Waals surface area contributed by atoms with Crippen molar-refractivity contribution in [2.75, 3.05) is 11.4 Å². The Kier molecular flexibility index (Phi) is 4.14. The van der Waals surface area contributed by atoms with Gasteiger partial charge in [-0.15, -0.1) is 0 Å². The zero-order valence-electron chi connectivity index (χ0n) is 12.8. The molecule has 2 aromatic rings. The molecular formula is C19H21NO2. The molecule has 114 valence electrons. The molecule has 3 heteroatoms. The van der Waals surface area contributed by atoms with Gasteiger partial charge in [0.1, 0.15) is 0 Å². The first-order chi connectivity index (χ1) is 10.6. The number of fused-ring (bicyclic) bond motifs is 1. The number of anilines is 1. The van der Waals surface area contributed by atoms with Crippen LogP contribution in [0.1, 0.15) is 30.4 Å². The molecule has 0 radical (unpaired) electrons. The lowest BCUT2D eigenvalue weighted by molar-refractivity contribution is -0.141. The van der Waals surface area contributed by atoms with Crippen LogP contribution in [0.2, 0.25) is 0 Å². The lowest BCUT2D eigenvalue weighted by Gasteiger charge is -2.20. The summed E-state index contributed by atoms with van der Waals surface area (Å²) in [5, 5.41) is 9.18. The highest BCUT2D eigenvalue weighted by Gasteiger charge is 2.30. The van der Waals surface area contributed by atoms with Gasteiger partial charge in [-0.1, -0.05) is 55.5 Å². The largest absolute Gasteiger partial charge is 0.481 e. The van der Waals surface area contributed by atoms with Crippen LogP contribution in [0.15, 0.2) is 54.6 Å². The molecule has 2 atom stereocenters. The molecule has 22 heavy (non-hydrogen) atoms. The Labute approximate surface area is 131 Å². The zero-order valence-corrected chi connectivity index (χ0v) is 12.8. The minimum atomic E-state index is -0.709. The first-order valence-corrected chi connectivity index (χ1v) is 7.75. The van der Waals surface area contributed by atoms with Crippen LogP contribution in [-0.2, 0) is 11.3 Å². The molecule has 0 aliphatic carbocycles. The van der Waals surface area contributed by atoms with Gasteiger partial charge in [0, 0.05) is 24.7 Å². The van der Waals surface area contributed by atoms with E-state index in [1.165, 1.54) is 16.8 Å². The van der Waals surface area contributed by atoms with E-state index in [0.29, 0.717) is 12.3 Å². The van der Waals surface area contributed by atoms with Crippen molar-refractivity contribution in [1.29, 1.82) is 0 Å². The number of aliphatic carboxylic acids is 1. The molecule has 0 bridgehead atoms. The van der Waals surface area contributed by atoms with Crippen molar-refractivity contribution in [1.82, 2.24) is 0 Å². The quantitative estimate of drug-likeness (QED) is 0.909. The molecule has 0 fully saturated rings. The summed E-state index contributed by atoms with van der Waals surface area (Å²) in [4.78, 5) is 13.5. The SMILES string of the molecule is CC(CC1CN(Cc2ccccc2)c2ccccc21)C(=O)O. The van der Waals surface area contributed by atoms with Crippen molar-refractivity contribution in [2.24, 2.45) is 5.92 Å². The maximum atomic E-state index is 11.2. The Morgan fingerprint density at radius 2 is 1.86 bits per heavy atom. The number of nitrogens with zero attached hydrogens (tertiary/aromatic N) is 1. The van der Waals surface area contributed by atoms with Gasteiger partial charge < -0.3 is 10.0 Å². The van der Waals surface area contributed by atoms with Gasteiger partial charge in [-0.3, -0.25) is 4.79 Å². The van der Waals surface area contributed by atoms with Crippen molar-refractivity contribution in [3.63, 3.8) is 0 Å². The molecule has 2 unspecified atom stereocenters. The maximum absolute atomic E-state index is 11.2. The molecule has 1 N–H and O–H groups in total. The molecular weight excluding hydrogens is 274 g/mol. The topological polar surface area (TPSA) is 40.5 Å². The van der Waals surface area contributed by atoms with Gasteiger partial charge in [-0.25, -0.2) is 0 Å². The number of carboxylic acids is 1. The second-order valence-electron chi connectivity index (χ2n) is 6.10. The third kappa shape index (κ3) is 2.98. The van der Waals surface area contributed by atoms with Gasteiger partial charge in [-0.05, 0) is 23.6 Å². The highest BCUT2D eigenvalue weighted by molar-refractivity contribution is 5.70. The maximum Gasteiger partial charge on any atom is 0.306 e. The van der Waals surface area contributed by atoms with E-state index in [4.69, 9.17) is 0 Å². The molecule has 0 aromatic heterocycles.